The van der Waals surface area contributed by atoms with E-state index in [0.717, 1.165) is 31.4 Å². The SMILES string of the molecule is CCCC1CC2CCC(c3cc(F)c(F)c(F)c3)C(F)C(F)C2C1. The summed E-state index contributed by atoms with van der Waals surface area (Å²) >= 11 is 0. The molecule has 2 fully saturated rings. The molecular formula is C19H23F5. The number of alkyl halides is 2. The third kappa shape index (κ3) is 3.18. The number of rotatable bonds is 3. The van der Waals surface area contributed by atoms with Gasteiger partial charge in [0.05, 0.1) is 0 Å². The molecule has 2 saturated carbocycles. The molecule has 1 aromatic rings. The van der Waals surface area contributed by atoms with Gasteiger partial charge in [0.25, 0.3) is 0 Å². The lowest BCUT2D eigenvalue weighted by molar-refractivity contribution is 0.0888. The summed E-state index contributed by atoms with van der Waals surface area (Å²) in [5.74, 6) is -4.90. The second kappa shape index (κ2) is 7.01. The lowest BCUT2D eigenvalue weighted by Gasteiger charge is -2.25. The van der Waals surface area contributed by atoms with Crippen LogP contribution in [0.4, 0.5) is 22.0 Å². The van der Waals surface area contributed by atoms with E-state index >= 15 is 0 Å². The van der Waals surface area contributed by atoms with Crippen molar-refractivity contribution in [2.75, 3.05) is 0 Å². The van der Waals surface area contributed by atoms with Gasteiger partial charge in [0.1, 0.15) is 12.3 Å². The summed E-state index contributed by atoms with van der Waals surface area (Å²) in [7, 11) is 0. The van der Waals surface area contributed by atoms with Gasteiger partial charge in [-0.15, -0.1) is 0 Å². The van der Waals surface area contributed by atoms with Gasteiger partial charge in [0, 0.05) is 5.92 Å². The average Bonchev–Trinajstić information content (AvgIpc) is 2.90. The van der Waals surface area contributed by atoms with Crippen LogP contribution in [0.5, 0.6) is 0 Å². The fourth-order valence-electron chi connectivity index (χ4n) is 4.79. The van der Waals surface area contributed by atoms with Gasteiger partial charge in [-0.25, -0.2) is 22.0 Å². The Morgan fingerprint density at radius 2 is 1.62 bits per heavy atom. The van der Waals surface area contributed by atoms with Crippen molar-refractivity contribution < 1.29 is 22.0 Å². The van der Waals surface area contributed by atoms with E-state index in [0.29, 0.717) is 25.2 Å². The Morgan fingerprint density at radius 3 is 2.25 bits per heavy atom. The molecule has 0 aliphatic heterocycles. The summed E-state index contributed by atoms with van der Waals surface area (Å²) in [6.07, 6.45) is 1.24. The summed E-state index contributed by atoms with van der Waals surface area (Å²) in [5.41, 5.74) is 0.0200. The van der Waals surface area contributed by atoms with Crippen molar-refractivity contribution in [3.63, 3.8) is 0 Å². The normalized spacial score (nSPS) is 36.4. The molecule has 0 nitrogen and oxygen atoms in total. The van der Waals surface area contributed by atoms with Crippen LogP contribution in [-0.2, 0) is 0 Å². The Labute approximate surface area is 139 Å². The van der Waals surface area contributed by atoms with Crippen molar-refractivity contribution >= 4 is 0 Å². The van der Waals surface area contributed by atoms with Gasteiger partial charge < -0.3 is 0 Å². The molecule has 0 radical (unpaired) electrons. The van der Waals surface area contributed by atoms with Crippen LogP contribution >= 0.6 is 0 Å². The molecular weight excluding hydrogens is 323 g/mol. The molecule has 134 valence electrons. The van der Waals surface area contributed by atoms with Gasteiger partial charge in [0.2, 0.25) is 0 Å². The second-order valence-corrected chi connectivity index (χ2v) is 7.42. The van der Waals surface area contributed by atoms with E-state index < -0.39 is 35.7 Å². The highest BCUT2D eigenvalue weighted by Crippen LogP contribution is 2.50. The predicted octanol–water partition coefficient (Wildman–Crippen LogP) is 6.10. The smallest absolute Gasteiger partial charge is 0.194 e. The quantitative estimate of drug-likeness (QED) is 0.458. The minimum absolute atomic E-state index is 0.0200. The van der Waals surface area contributed by atoms with E-state index in [4.69, 9.17) is 0 Å². The van der Waals surface area contributed by atoms with Crippen LogP contribution in [0.25, 0.3) is 0 Å². The highest BCUT2D eigenvalue weighted by atomic mass is 19.2. The lowest BCUT2D eigenvalue weighted by atomic mass is 9.87. The van der Waals surface area contributed by atoms with Crippen molar-refractivity contribution in [3.05, 3.63) is 35.1 Å². The first kappa shape index (κ1) is 17.7. The molecule has 0 heterocycles. The highest BCUT2D eigenvalue weighted by Gasteiger charge is 2.47. The van der Waals surface area contributed by atoms with Crippen LogP contribution in [-0.4, -0.2) is 12.3 Å². The fraction of sp³-hybridized carbons (Fsp3) is 0.684. The van der Waals surface area contributed by atoms with Gasteiger partial charge in [0.15, 0.2) is 17.5 Å². The monoisotopic (exact) mass is 346 g/mol. The van der Waals surface area contributed by atoms with Crippen molar-refractivity contribution in [1.29, 1.82) is 0 Å². The van der Waals surface area contributed by atoms with Crippen LogP contribution in [0.2, 0.25) is 0 Å². The number of fused-ring (bicyclic) bond motifs is 1. The minimum Gasteiger partial charge on any atom is -0.244 e. The standard InChI is InChI=1S/C19H23F5/c1-2-3-10-6-11-4-5-13(17(22)18(23)14(11)7-10)12-8-15(20)19(24)16(21)9-12/h8-11,13-14,17-18H,2-7H2,1H3. The van der Waals surface area contributed by atoms with E-state index in [1.807, 2.05) is 0 Å². The maximum atomic E-state index is 14.8. The van der Waals surface area contributed by atoms with Gasteiger partial charge in [-0.05, 0) is 61.1 Å². The van der Waals surface area contributed by atoms with Crippen molar-refractivity contribution in [1.82, 2.24) is 0 Å². The molecule has 0 bridgehead atoms. The van der Waals surface area contributed by atoms with Crippen LogP contribution < -0.4 is 0 Å². The third-order valence-corrected chi connectivity index (χ3v) is 5.92. The topological polar surface area (TPSA) is 0 Å². The Kier molecular flexibility index (Phi) is 5.16. The predicted molar refractivity (Wildman–Crippen MR) is 82.7 cm³/mol. The number of halogens is 5. The molecule has 6 atom stereocenters. The van der Waals surface area contributed by atoms with Crippen LogP contribution in [0.15, 0.2) is 12.1 Å². The molecule has 0 amide bonds. The van der Waals surface area contributed by atoms with E-state index in [1.165, 1.54) is 0 Å². The third-order valence-electron chi connectivity index (χ3n) is 5.92. The second-order valence-electron chi connectivity index (χ2n) is 7.42. The Hall–Kier alpha value is -1.13. The summed E-state index contributed by atoms with van der Waals surface area (Å²) in [6, 6.07) is 1.62. The molecule has 2 aliphatic carbocycles. The average molecular weight is 346 g/mol. The van der Waals surface area contributed by atoms with E-state index in [-0.39, 0.29) is 17.4 Å². The van der Waals surface area contributed by atoms with Gasteiger partial charge in [-0.1, -0.05) is 19.8 Å². The zero-order valence-corrected chi connectivity index (χ0v) is 13.8. The first-order chi connectivity index (χ1) is 11.4. The Morgan fingerprint density at radius 1 is 0.958 bits per heavy atom. The molecule has 24 heavy (non-hydrogen) atoms. The molecule has 1 aromatic carbocycles. The van der Waals surface area contributed by atoms with Crippen LogP contribution in [0, 0.1) is 35.2 Å². The maximum absolute atomic E-state index is 14.8. The highest BCUT2D eigenvalue weighted by molar-refractivity contribution is 5.25. The van der Waals surface area contributed by atoms with Crippen LogP contribution in [0.3, 0.4) is 0 Å². The molecule has 0 spiro atoms. The van der Waals surface area contributed by atoms with Gasteiger partial charge in [-0.3, -0.25) is 0 Å². The van der Waals surface area contributed by atoms with Crippen molar-refractivity contribution in [2.24, 2.45) is 17.8 Å². The summed E-state index contributed by atoms with van der Waals surface area (Å²) < 4.78 is 69.6. The number of benzene rings is 1. The van der Waals surface area contributed by atoms with E-state index in [9.17, 15) is 22.0 Å². The number of hydrogen-bond donors (Lipinski definition) is 0. The largest absolute Gasteiger partial charge is 0.244 e. The molecule has 0 aromatic heterocycles. The molecule has 0 saturated heterocycles. The van der Waals surface area contributed by atoms with Gasteiger partial charge in [-0.2, -0.15) is 0 Å². The molecule has 0 N–H and O–H groups in total. The summed E-state index contributed by atoms with van der Waals surface area (Å²) in [4.78, 5) is 0. The summed E-state index contributed by atoms with van der Waals surface area (Å²) in [6.45, 7) is 2.09. The van der Waals surface area contributed by atoms with E-state index in [1.54, 1.807) is 0 Å². The molecule has 2 aliphatic rings. The summed E-state index contributed by atoms with van der Waals surface area (Å²) in [5, 5.41) is 0. The maximum Gasteiger partial charge on any atom is 0.194 e. The van der Waals surface area contributed by atoms with Crippen molar-refractivity contribution in [3.8, 4) is 0 Å². The Bertz CT molecular complexity index is 564. The Balaban J connectivity index is 1.82. The zero-order valence-electron chi connectivity index (χ0n) is 13.8. The molecule has 3 rings (SSSR count). The molecule has 6 unspecified atom stereocenters. The first-order valence-corrected chi connectivity index (χ1v) is 8.84. The minimum atomic E-state index is -1.80. The zero-order chi connectivity index (χ0) is 17.4. The van der Waals surface area contributed by atoms with Crippen molar-refractivity contribution in [2.45, 2.75) is 63.7 Å². The van der Waals surface area contributed by atoms with Crippen LogP contribution in [0.1, 0.15) is 56.9 Å². The number of hydrogen-bond acceptors (Lipinski definition) is 0. The first-order valence-electron chi connectivity index (χ1n) is 8.84. The fourth-order valence-corrected chi connectivity index (χ4v) is 4.79. The van der Waals surface area contributed by atoms with E-state index in [2.05, 4.69) is 6.92 Å². The lowest BCUT2D eigenvalue weighted by Crippen LogP contribution is -2.30. The molecule has 5 heteroatoms. The van der Waals surface area contributed by atoms with Gasteiger partial charge >= 0.3 is 0 Å².